The van der Waals surface area contributed by atoms with Crippen LogP contribution in [-0.4, -0.2) is 25.0 Å². The van der Waals surface area contributed by atoms with Gasteiger partial charge in [-0.1, -0.05) is 13.0 Å². The van der Waals surface area contributed by atoms with Gasteiger partial charge in [0.2, 0.25) is 5.91 Å². The fraction of sp³-hybridized carbons (Fsp3) is 0.462. The molecule has 1 saturated heterocycles. The van der Waals surface area contributed by atoms with Crippen LogP contribution in [0.25, 0.3) is 0 Å². The van der Waals surface area contributed by atoms with Crippen LogP contribution in [0.5, 0.6) is 0 Å². The molecular weight excluding hydrogens is 219 g/mol. The maximum atomic E-state index is 13.5. The summed E-state index contributed by atoms with van der Waals surface area (Å²) in [4.78, 5) is 13.7. The normalized spacial score (nSPS) is 20.1. The number of benzene rings is 1. The van der Waals surface area contributed by atoms with Crippen molar-refractivity contribution in [2.75, 3.05) is 18.0 Å². The molecule has 1 amide bonds. The van der Waals surface area contributed by atoms with Gasteiger partial charge in [0, 0.05) is 12.2 Å². The van der Waals surface area contributed by atoms with Crippen LogP contribution in [0.2, 0.25) is 0 Å². The van der Waals surface area contributed by atoms with Crippen molar-refractivity contribution in [1.82, 2.24) is 5.32 Å². The summed E-state index contributed by atoms with van der Waals surface area (Å²) >= 11 is 0. The van der Waals surface area contributed by atoms with E-state index in [0.29, 0.717) is 17.8 Å². The summed E-state index contributed by atoms with van der Waals surface area (Å²) in [7, 11) is 0. The molecule has 0 bridgehead atoms. The molecule has 17 heavy (non-hydrogen) atoms. The van der Waals surface area contributed by atoms with Crippen LogP contribution in [0.4, 0.5) is 10.1 Å². The van der Waals surface area contributed by atoms with Crippen LogP contribution in [0, 0.1) is 12.7 Å². The first-order chi connectivity index (χ1) is 8.13. The third-order valence-electron chi connectivity index (χ3n) is 3.12. The van der Waals surface area contributed by atoms with Crippen LogP contribution in [-0.2, 0) is 4.79 Å². The average molecular weight is 236 g/mol. The van der Waals surface area contributed by atoms with Crippen LogP contribution < -0.4 is 10.2 Å². The minimum atomic E-state index is -0.262. The monoisotopic (exact) mass is 236 g/mol. The molecule has 3 nitrogen and oxygen atoms in total. The number of hydrogen-bond acceptors (Lipinski definition) is 2. The molecule has 1 fully saturated rings. The summed E-state index contributed by atoms with van der Waals surface area (Å²) in [5.41, 5.74) is 1.25. The third kappa shape index (κ3) is 2.31. The van der Waals surface area contributed by atoms with Crippen molar-refractivity contribution in [3.8, 4) is 0 Å². The summed E-state index contributed by atoms with van der Waals surface area (Å²) in [6.45, 7) is 5.11. The molecule has 0 spiro atoms. The van der Waals surface area contributed by atoms with E-state index in [1.54, 1.807) is 24.0 Å². The van der Waals surface area contributed by atoms with Crippen molar-refractivity contribution >= 4 is 11.6 Å². The van der Waals surface area contributed by atoms with Gasteiger partial charge < -0.3 is 10.2 Å². The summed E-state index contributed by atoms with van der Waals surface area (Å²) < 4.78 is 13.5. The number of rotatable bonds is 3. The second-order valence-electron chi connectivity index (χ2n) is 4.32. The van der Waals surface area contributed by atoms with Crippen LogP contribution >= 0.6 is 0 Å². The van der Waals surface area contributed by atoms with Crippen molar-refractivity contribution in [1.29, 1.82) is 0 Å². The number of carbonyl (C=O) groups is 1. The number of nitrogens with zero attached hydrogens (tertiary/aromatic N) is 1. The Balaban J connectivity index is 2.18. The fourth-order valence-corrected chi connectivity index (χ4v) is 2.12. The van der Waals surface area contributed by atoms with E-state index in [4.69, 9.17) is 0 Å². The first-order valence-corrected chi connectivity index (χ1v) is 5.94. The van der Waals surface area contributed by atoms with Crippen LogP contribution in [0.1, 0.15) is 18.9 Å². The number of carbonyl (C=O) groups excluding carboxylic acids is 1. The Labute approximate surface area is 101 Å². The Morgan fingerprint density at radius 2 is 2.29 bits per heavy atom. The van der Waals surface area contributed by atoms with E-state index >= 15 is 0 Å². The number of halogens is 1. The lowest BCUT2D eigenvalue weighted by Crippen LogP contribution is -2.38. The van der Waals surface area contributed by atoms with Crippen LogP contribution in [0.15, 0.2) is 18.2 Å². The lowest BCUT2D eigenvalue weighted by atomic mass is 10.2. The molecule has 0 saturated carbocycles. The fourth-order valence-electron chi connectivity index (χ4n) is 2.12. The molecule has 2 rings (SSSR count). The summed E-state index contributed by atoms with van der Waals surface area (Å²) in [6.07, 6.45) is 0.780. The Morgan fingerprint density at radius 1 is 1.53 bits per heavy atom. The van der Waals surface area contributed by atoms with Gasteiger partial charge in [0.25, 0.3) is 0 Å². The third-order valence-corrected chi connectivity index (χ3v) is 3.12. The van der Waals surface area contributed by atoms with Crippen LogP contribution in [0.3, 0.4) is 0 Å². The topological polar surface area (TPSA) is 32.3 Å². The summed E-state index contributed by atoms with van der Waals surface area (Å²) in [5.74, 6) is -0.225. The van der Waals surface area contributed by atoms with Crippen molar-refractivity contribution in [3.63, 3.8) is 0 Å². The highest BCUT2D eigenvalue weighted by molar-refractivity contribution is 5.99. The van der Waals surface area contributed by atoms with Crippen molar-refractivity contribution < 1.29 is 9.18 Å². The van der Waals surface area contributed by atoms with Crippen molar-refractivity contribution in [3.05, 3.63) is 29.6 Å². The quantitative estimate of drug-likeness (QED) is 0.868. The van der Waals surface area contributed by atoms with E-state index in [9.17, 15) is 9.18 Å². The number of aryl methyl sites for hydroxylation is 1. The minimum Gasteiger partial charge on any atom is -0.311 e. The van der Waals surface area contributed by atoms with Gasteiger partial charge in [0.1, 0.15) is 5.82 Å². The highest BCUT2D eigenvalue weighted by Crippen LogP contribution is 2.23. The maximum absolute atomic E-state index is 13.5. The van der Waals surface area contributed by atoms with E-state index < -0.39 is 0 Å². The molecule has 1 aliphatic heterocycles. The molecule has 1 atom stereocenters. The lowest BCUT2D eigenvalue weighted by Gasteiger charge is -2.17. The lowest BCUT2D eigenvalue weighted by molar-refractivity contribution is -0.118. The van der Waals surface area contributed by atoms with Crippen molar-refractivity contribution in [2.45, 2.75) is 26.3 Å². The van der Waals surface area contributed by atoms with E-state index in [0.717, 1.165) is 13.0 Å². The van der Waals surface area contributed by atoms with Gasteiger partial charge >= 0.3 is 0 Å². The van der Waals surface area contributed by atoms with Gasteiger partial charge in [0.05, 0.1) is 6.04 Å². The van der Waals surface area contributed by atoms with E-state index in [-0.39, 0.29) is 17.8 Å². The first kappa shape index (κ1) is 12.0. The Bertz CT molecular complexity index is 433. The first-order valence-electron chi connectivity index (χ1n) is 5.94. The zero-order chi connectivity index (χ0) is 12.4. The summed E-state index contributed by atoms with van der Waals surface area (Å²) in [5, 5.41) is 3.14. The van der Waals surface area contributed by atoms with Gasteiger partial charge in [-0.25, -0.2) is 4.39 Å². The Kier molecular flexibility index (Phi) is 3.43. The van der Waals surface area contributed by atoms with E-state index in [2.05, 4.69) is 5.32 Å². The molecule has 92 valence electrons. The smallest absolute Gasteiger partial charge is 0.244 e. The second-order valence-corrected chi connectivity index (χ2v) is 4.32. The zero-order valence-corrected chi connectivity index (χ0v) is 10.2. The van der Waals surface area contributed by atoms with Gasteiger partial charge in [-0.3, -0.25) is 4.79 Å². The van der Waals surface area contributed by atoms with Gasteiger partial charge in [0.15, 0.2) is 0 Å². The molecule has 1 heterocycles. The number of amides is 1. The molecular formula is C13H17FN2O. The molecule has 0 aliphatic carbocycles. The molecule has 1 aromatic rings. The maximum Gasteiger partial charge on any atom is 0.244 e. The predicted molar refractivity (Wildman–Crippen MR) is 65.6 cm³/mol. The number of nitrogens with one attached hydrogen (secondary N) is 1. The molecule has 0 aromatic heterocycles. The van der Waals surface area contributed by atoms with Crippen molar-refractivity contribution in [2.24, 2.45) is 0 Å². The number of likely N-dealkylation sites (N-methyl/N-ethyl adjacent to an activating group) is 1. The average Bonchev–Trinajstić information content (AvgIpc) is 2.66. The molecule has 0 radical (unpaired) electrons. The minimum absolute atomic E-state index is 0.0371. The van der Waals surface area contributed by atoms with E-state index in [1.807, 2.05) is 6.92 Å². The largest absolute Gasteiger partial charge is 0.311 e. The SMILES string of the molecule is CCNC1CCN(c2ccc(C)c(F)c2)C1=O. The highest BCUT2D eigenvalue weighted by atomic mass is 19.1. The van der Waals surface area contributed by atoms with Gasteiger partial charge in [-0.05, 0) is 37.6 Å². The summed E-state index contributed by atoms with van der Waals surface area (Å²) in [6, 6.07) is 4.81. The predicted octanol–water partition coefficient (Wildman–Crippen LogP) is 1.85. The highest BCUT2D eigenvalue weighted by Gasteiger charge is 2.31. The molecule has 1 aliphatic rings. The molecule has 1 N–H and O–H groups in total. The van der Waals surface area contributed by atoms with E-state index in [1.165, 1.54) is 6.07 Å². The standard InChI is InChI=1S/C13H17FN2O/c1-3-15-12-6-7-16(13(12)17)10-5-4-9(2)11(14)8-10/h4-5,8,12,15H,3,6-7H2,1-2H3. The Morgan fingerprint density at radius 3 is 2.94 bits per heavy atom. The molecule has 1 unspecified atom stereocenters. The molecule has 4 heteroatoms. The second kappa shape index (κ2) is 4.84. The molecule has 1 aromatic carbocycles. The zero-order valence-electron chi connectivity index (χ0n) is 10.2. The van der Waals surface area contributed by atoms with Gasteiger partial charge in [-0.2, -0.15) is 0 Å². The Hall–Kier alpha value is -1.42. The number of hydrogen-bond donors (Lipinski definition) is 1. The number of anilines is 1. The van der Waals surface area contributed by atoms with Gasteiger partial charge in [-0.15, -0.1) is 0 Å².